The van der Waals surface area contributed by atoms with Crippen LogP contribution in [0.25, 0.3) is 33.4 Å². The van der Waals surface area contributed by atoms with Gasteiger partial charge < -0.3 is 15.4 Å². The molecule has 3 aromatic heterocycles. The highest BCUT2D eigenvalue weighted by molar-refractivity contribution is 7.90. The molecule has 0 aliphatic heterocycles. The second-order valence-electron chi connectivity index (χ2n) is 9.18. The molecule has 0 bridgehead atoms. The summed E-state index contributed by atoms with van der Waals surface area (Å²) in [6, 6.07) is 17.3. The van der Waals surface area contributed by atoms with Crippen LogP contribution in [0.3, 0.4) is 0 Å². The van der Waals surface area contributed by atoms with E-state index in [-0.39, 0.29) is 27.8 Å². The fourth-order valence-electron chi connectivity index (χ4n) is 4.26. The molecule has 0 aliphatic carbocycles. The third kappa shape index (κ3) is 4.57. The molecule has 10 nitrogen and oxygen atoms in total. The first-order chi connectivity index (χ1) is 18.6. The zero-order valence-corrected chi connectivity index (χ0v) is 22.6. The van der Waals surface area contributed by atoms with E-state index in [1.807, 2.05) is 25.1 Å². The number of nitrogens with two attached hydrogens (primary N) is 1. The Labute approximate surface area is 225 Å². The molecule has 0 aliphatic rings. The minimum Gasteiger partial charge on any atom is -0.496 e. The number of aromatic nitrogens is 4. The van der Waals surface area contributed by atoms with Crippen LogP contribution in [0.5, 0.6) is 5.75 Å². The van der Waals surface area contributed by atoms with Crippen LogP contribution in [0.15, 0.2) is 78.0 Å². The number of carbonyl (C=O) groups excluding carboxylic acids is 1. The van der Waals surface area contributed by atoms with Crippen LogP contribution in [0.4, 0.5) is 5.82 Å². The van der Waals surface area contributed by atoms with Gasteiger partial charge in [0.25, 0.3) is 15.9 Å². The van der Waals surface area contributed by atoms with E-state index in [1.165, 1.54) is 15.1 Å². The van der Waals surface area contributed by atoms with E-state index in [9.17, 15) is 13.2 Å². The summed E-state index contributed by atoms with van der Waals surface area (Å²) in [6.07, 6.45) is 3.05. The smallest absolute Gasteiger partial charge is 0.269 e. The van der Waals surface area contributed by atoms with E-state index in [1.54, 1.807) is 69.9 Å². The van der Waals surface area contributed by atoms with Gasteiger partial charge in [-0.25, -0.2) is 17.4 Å². The Balaban J connectivity index is 1.76. The molecule has 198 valence electrons. The van der Waals surface area contributed by atoms with Crippen LogP contribution in [-0.4, -0.2) is 59.6 Å². The first-order valence-corrected chi connectivity index (χ1v) is 13.4. The maximum Gasteiger partial charge on any atom is 0.269 e. The van der Waals surface area contributed by atoms with Crippen LogP contribution >= 0.6 is 0 Å². The number of aryl methyl sites for hydroxylation is 1. The first kappa shape index (κ1) is 25.9. The van der Waals surface area contributed by atoms with Gasteiger partial charge in [-0.3, -0.25) is 4.79 Å². The van der Waals surface area contributed by atoms with Crippen molar-refractivity contribution < 1.29 is 17.9 Å². The molecular weight excluding hydrogens is 516 g/mol. The first-order valence-electron chi connectivity index (χ1n) is 11.9. The quantitative estimate of drug-likeness (QED) is 0.340. The van der Waals surface area contributed by atoms with Gasteiger partial charge in [-0.15, -0.1) is 10.2 Å². The number of ether oxygens (including phenoxy) is 1. The molecule has 0 saturated heterocycles. The van der Waals surface area contributed by atoms with Gasteiger partial charge in [-0.05, 0) is 37.3 Å². The normalized spacial score (nSPS) is 11.5. The topological polar surface area (TPSA) is 133 Å². The fourth-order valence-corrected chi connectivity index (χ4v) is 5.59. The molecule has 3 heterocycles. The van der Waals surface area contributed by atoms with Gasteiger partial charge in [0, 0.05) is 48.6 Å². The van der Waals surface area contributed by atoms with E-state index < -0.39 is 10.0 Å². The second-order valence-corrected chi connectivity index (χ2v) is 11.0. The van der Waals surface area contributed by atoms with E-state index in [2.05, 4.69) is 15.2 Å². The number of nitrogen functional groups attached to an aromatic ring is 1. The number of fused-ring (bicyclic) bond motifs is 1. The summed E-state index contributed by atoms with van der Waals surface area (Å²) in [5.74, 6) is 0.264. The van der Waals surface area contributed by atoms with E-state index in [0.29, 0.717) is 33.5 Å². The van der Waals surface area contributed by atoms with Crippen molar-refractivity contribution in [2.24, 2.45) is 0 Å². The standard InChI is InChI=1S/C28H26N6O4S/c1-17-9-11-19(12-10-17)39(36,37)34-16-23(20-7-5-6-8-25(20)38-4)21-13-18(15-30-27(21)34)24-14-22(26(29)32-31-24)28(35)33(2)3/h5-16H,1-4H3,(H2,29,32). The largest absolute Gasteiger partial charge is 0.496 e. The molecule has 5 aromatic rings. The van der Waals surface area contributed by atoms with E-state index >= 15 is 0 Å². The van der Waals surface area contributed by atoms with E-state index in [4.69, 9.17) is 10.5 Å². The van der Waals surface area contributed by atoms with Crippen molar-refractivity contribution in [3.05, 3.63) is 84.2 Å². The Morgan fingerprint density at radius 3 is 2.41 bits per heavy atom. The number of rotatable bonds is 6. The number of para-hydroxylation sites is 1. The molecule has 5 rings (SSSR count). The van der Waals surface area contributed by atoms with Crippen molar-refractivity contribution in [1.82, 2.24) is 24.1 Å². The molecule has 0 atom stereocenters. The minimum absolute atomic E-state index is 0.0107. The van der Waals surface area contributed by atoms with Gasteiger partial charge in [-0.2, -0.15) is 0 Å². The highest BCUT2D eigenvalue weighted by atomic mass is 32.2. The number of anilines is 1. The predicted molar refractivity (Wildman–Crippen MR) is 149 cm³/mol. The van der Waals surface area contributed by atoms with Crippen molar-refractivity contribution in [2.75, 3.05) is 26.9 Å². The lowest BCUT2D eigenvalue weighted by Crippen LogP contribution is -2.23. The van der Waals surface area contributed by atoms with Crippen LogP contribution in [0.2, 0.25) is 0 Å². The summed E-state index contributed by atoms with van der Waals surface area (Å²) in [7, 11) is 0.807. The number of pyridine rings is 1. The number of methoxy groups -OCH3 is 1. The number of hydrogen-bond donors (Lipinski definition) is 1. The lowest BCUT2D eigenvalue weighted by atomic mass is 10.0. The number of amides is 1. The van der Waals surface area contributed by atoms with Gasteiger partial charge in [0.1, 0.15) is 5.75 Å². The lowest BCUT2D eigenvalue weighted by Gasteiger charge is -2.12. The number of nitrogens with zero attached hydrogens (tertiary/aromatic N) is 5. The molecule has 0 spiro atoms. The molecule has 2 aromatic carbocycles. The molecule has 0 saturated carbocycles. The summed E-state index contributed by atoms with van der Waals surface area (Å²) < 4.78 is 34.2. The number of hydrogen-bond acceptors (Lipinski definition) is 8. The molecule has 0 radical (unpaired) electrons. The highest BCUT2D eigenvalue weighted by Crippen LogP contribution is 2.38. The van der Waals surface area contributed by atoms with Crippen molar-refractivity contribution in [1.29, 1.82) is 0 Å². The average Bonchev–Trinajstić information content (AvgIpc) is 3.32. The molecular formula is C28H26N6O4S. The van der Waals surface area contributed by atoms with Crippen LogP contribution in [-0.2, 0) is 10.0 Å². The molecule has 0 fully saturated rings. The summed E-state index contributed by atoms with van der Waals surface area (Å²) in [5, 5.41) is 8.69. The Bertz CT molecular complexity index is 1830. The molecule has 2 N–H and O–H groups in total. The maximum absolute atomic E-state index is 13.7. The van der Waals surface area contributed by atoms with E-state index in [0.717, 1.165) is 5.56 Å². The molecule has 11 heteroatoms. The van der Waals surface area contributed by atoms with Crippen LogP contribution in [0, 0.1) is 6.92 Å². The predicted octanol–water partition coefficient (Wildman–Crippen LogP) is 4.00. The monoisotopic (exact) mass is 542 g/mol. The van der Waals surface area contributed by atoms with Crippen molar-refractivity contribution in [3.63, 3.8) is 0 Å². The maximum atomic E-state index is 13.7. The summed E-state index contributed by atoms with van der Waals surface area (Å²) in [4.78, 5) is 18.7. The third-order valence-electron chi connectivity index (χ3n) is 6.34. The highest BCUT2D eigenvalue weighted by Gasteiger charge is 2.25. The second kappa shape index (κ2) is 9.84. The van der Waals surface area contributed by atoms with Gasteiger partial charge >= 0.3 is 0 Å². The van der Waals surface area contributed by atoms with Crippen molar-refractivity contribution in [3.8, 4) is 28.1 Å². The zero-order valence-electron chi connectivity index (χ0n) is 21.8. The molecule has 39 heavy (non-hydrogen) atoms. The summed E-state index contributed by atoms with van der Waals surface area (Å²) in [5.41, 5.74) is 9.48. The zero-order chi connectivity index (χ0) is 27.9. The van der Waals surface area contributed by atoms with Crippen LogP contribution in [0.1, 0.15) is 15.9 Å². The number of carbonyl (C=O) groups is 1. The van der Waals surface area contributed by atoms with Gasteiger partial charge in [0.2, 0.25) is 0 Å². The van der Waals surface area contributed by atoms with Crippen LogP contribution < -0.4 is 10.5 Å². The third-order valence-corrected chi connectivity index (χ3v) is 8.01. The van der Waals surface area contributed by atoms with Crippen molar-refractivity contribution >= 4 is 32.8 Å². The fraction of sp³-hybridized carbons (Fsp3) is 0.143. The van der Waals surface area contributed by atoms with Crippen molar-refractivity contribution in [2.45, 2.75) is 11.8 Å². The minimum atomic E-state index is -3.98. The Morgan fingerprint density at radius 2 is 1.72 bits per heavy atom. The van der Waals surface area contributed by atoms with Gasteiger partial charge in [-0.1, -0.05) is 35.9 Å². The SMILES string of the molecule is COc1ccccc1-c1cn(S(=O)(=O)c2ccc(C)cc2)c2ncc(-c3cc(C(=O)N(C)C)c(N)nn3)cc12. The Kier molecular flexibility index (Phi) is 6.52. The summed E-state index contributed by atoms with van der Waals surface area (Å²) >= 11 is 0. The summed E-state index contributed by atoms with van der Waals surface area (Å²) in [6.45, 7) is 1.89. The van der Waals surface area contributed by atoms with Gasteiger partial charge in [0.15, 0.2) is 11.5 Å². The van der Waals surface area contributed by atoms with Gasteiger partial charge in [0.05, 0.1) is 23.3 Å². The molecule has 1 amide bonds. The number of benzene rings is 2. The molecule has 0 unspecified atom stereocenters. The average molecular weight is 543 g/mol. The Hall–Kier alpha value is -4.77. The Morgan fingerprint density at radius 1 is 1.00 bits per heavy atom. The lowest BCUT2D eigenvalue weighted by molar-refractivity contribution is 0.0828.